The Balaban J connectivity index is 2.32. The summed E-state index contributed by atoms with van der Waals surface area (Å²) < 4.78 is 9.91. The van der Waals surface area contributed by atoms with Crippen molar-refractivity contribution >= 4 is 5.97 Å². The molecular weight excluding hydrogens is 196 g/mol. The van der Waals surface area contributed by atoms with E-state index in [4.69, 9.17) is 4.74 Å². The maximum atomic E-state index is 11.3. The van der Waals surface area contributed by atoms with Crippen LogP contribution in [0.1, 0.15) is 15.9 Å². The van der Waals surface area contributed by atoms with Crippen molar-refractivity contribution < 1.29 is 19.4 Å². The van der Waals surface area contributed by atoms with Crippen LogP contribution in [-0.4, -0.2) is 30.9 Å². The first-order valence-corrected chi connectivity index (χ1v) is 4.73. The van der Waals surface area contributed by atoms with Crippen LogP contribution in [0, 0.1) is 0 Å². The summed E-state index contributed by atoms with van der Waals surface area (Å²) in [6, 6.07) is 5.08. The van der Waals surface area contributed by atoms with E-state index in [2.05, 4.69) is 4.74 Å². The zero-order chi connectivity index (χ0) is 10.8. The summed E-state index contributed by atoms with van der Waals surface area (Å²) in [5.74, 6) is 0.353. The number of carbonyl (C=O) groups is 1. The van der Waals surface area contributed by atoms with Gasteiger partial charge in [-0.05, 0) is 23.8 Å². The van der Waals surface area contributed by atoms with Crippen molar-refractivity contribution in [1.82, 2.24) is 0 Å². The Labute approximate surface area is 87.4 Å². The molecule has 0 saturated heterocycles. The fourth-order valence-corrected chi connectivity index (χ4v) is 1.62. The topological polar surface area (TPSA) is 55.8 Å². The van der Waals surface area contributed by atoms with E-state index in [9.17, 15) is 9.90 Å². The highest BCUT2D eigenvalue weighted by Gasteiger charge is 2.19. The molecule has 0 spiro atoms. The second-order valence-electron chi connectivity index (χ2n) is 3.48. The Hall–Kier alpha value is -1.55. The molecule has 0 bridgehead atoms. The number of ether oxygens (including phenoxy) is 2. The number of esters is 1. The summed E-state index contributed by atoms with van der Waals surface area (Å²) in [6.07, 6.45) is 0.0191. The largest absolute Gasteiger partial charge is 0.491 e. The average Bonchev–Trinajstić information content (AvgIpc) is 2.27. The Morgan fingerprint density at radius 3 is 3.13 bits per heavy atom. The fourth-order valence-electron chi connectivity index (χ4n) is 1.62. The lowest BCUT2D eigenvalue weighted by Gasteiger charge is -2.21. The molecule has 4 nitrogen and oxygen atoms in total. The number of carbonyl (C=O) groups excluding carboxylic acids is 1. The molecule has 1 heterocycles. The van der Waals surface area contributed by atoms with Crippen LogP contribution in [0.3, 0.4) is 0 Å². The summed E-state index contributed by atoms with van der Waals surface area (Å²) in [6.45, 7) is 0.310. The summed E-state index contributed by atoms with van der Waals surface area (Å²) >= 11 is 0. The van der Waals surface area contributed by atoms with Gasteiger partial charge in [-0.2, -0.15) is 0 Å². The molecule has 1 aromatic carbocycles. The van der Waals surface area contributed by atoms with E-state index in [1.54, 1.807) is 18.2 Å². The van der Waals surface area contributed by atoms with Crippen LogP contribution in [0.4, 0.5) is 0 Å². The number of rotatable bonds is 1. The monoisotopic (exact) mass is 208 g/mol. The van der Waals surface area contributed by atoms with Crippen LogP contribution in [0.2, 0.25) is 0 Å². The van der Waals surface area contributed by atoms with Gasteiger partial charge in [0.1, 0.15) is 12.4 Å². The molecule has 1 atom stereocenters. The van der Waals surface area contributed by atoms with Gasteiger partial charge in [-0.1, -0.05) is 0 Å². The Morgan fingerprint density at radius 2 is 2.40 bits per heavy atom. The zero-order valence-corrected chi connectivity index (χ0v) is 8.40. The van der Waals surface area contributed by atoms with E-state index < -0.39 is 6.10 Å². The minimum Gasteiger partial charge on any atom is -0.491 e. The van der Waals surface area contributed by atoms with E-state index in [0.29, 0.717) is 18.6 Å². The van der Waals surface area contributed by atoms with E-state index in [1.807, 2.05) is 0 Å². The van der Waals surface area contributed by atoms with Crippen LogP contribution in [-0.2, 0) is 11.2 Å². The number of methoxy groups -OCH3 is 1. The van der Waals surface area contributed by atoms with Gasteiger partial charge in [0, 0.05) is 6.42 Å². The van der Waals surface area contributed by atoms with Gasteiger partial charge < -0.3 is 14.6 Å². The molecule has 0 saturated carbocycles. The molecular formula is C11H12O4. The summed E-state index contributed by atoms with van der Waals surface area (Å²) in [5, 5.41) is 9.40. The van der Waals surface area contributed by atoms with E-state index in [-0.39, 0.29) is 5.97 Å². The van der Waals surface area contributed by atoms with Gasteiger partial charge >= 0.3 is 5.97 Å². The van der Waals surface area contributed by atoms with Crippen LogP contribution in [0.25, 0.3) is 0 Å². The van der Waals surface area contributed by atoms with Crippen LogP contribution >= 0.6 is 0 Å². The highest BCUT2D eigenvalue weighted by Crippen LogP contribution is 2.25. The molecule has 1 N–H and O–H groups in total. The predicted octanol–water partition coefficient (Wildman–Crippen LogP) is 0.769. The van der Waals surface area contributed by atoms with Crippen molar-refractivity contribution in [1.29, 1.82) is 0 Å². The Kier molecular flexibility index (Phi) is 2.60. The zero-order valence-electron chi connectivity index (χ0n) is 8.40. The average molecular weight is 208 g/mol. The van der Waals surface area contributed by atoms with Crippen molar-refractivity contribution in [3.63, 3.8) is 0 Å². The number of benzene rings is 1. The first-order chi connectivity index (χ1) is 7.20. The van der Waals surface area contributed by atoms with Crippen molar-refractivity contribution in [3.8, 4) is 5.75 Å². The van der Waals surface area contributed by atoms with Crippen LogP contribution in [0.5, 0.6) is 5.75 Å². The molecule has 80 valence electrons. The number of hydrogen-bond acceptors (Lipinski definition) is 4. The van der Waals surface area contributed by atoms with Crippen molar-refractivity contribution in [2.75, 3.05) is 13.7 Å². The molecule has 2 rings (SSSR count). The molecule has 4 heteroatoms. The van der Waals surface area contributed by atoms with E-state index in [1.165, 1.54) is 7.11 Å². The molecule has 0 amide bonds. The van der Waals surface area contributed by atoms with Gasteiger partial charge in [0.25, 0.3) is 0 Å². The predicted molar refractivity (Wildman–Crippen MR) is 53.0 cm³/mol. The lowest BCUT2D eigenvalue weighted by atomic mass is 10.0. The fraction of sp³-hybridized carbons (Fsp3) is 0.364. The smallest absolute Gasteiger partial charge is 0.337 e. The Bertz CT molecular complexity index is 386. The number of aliphatic hydroxyl groups excluding tert-OH is 1. The maximum Gasteiger partial charge on any atom is 0.337 e. The second-order valence-corrected chi connectivity index (χ2v) is 3.48. The lowest BCUT2D eigenvalue weighted by Crippen LogP contribution is -2.25. The van der Waals surface area contributed by atoms with Gasteiger partial charge in [-0.3, -0.25) is 0 Å². The summed E-state index contributed by atoms with van der Waals surface area (Å²) in [7, 11) is 1.34. The first-order valence-electron chi connectivity index (χ1n) is 4.73. The SMILES string of the molecule is COC(=O)c1ccc2c(c1)CC(O)CO2. The molecule has 1 aromatic rings. The molecule has 1 aliphatic heterocycles. The molecule has 0 radical (unpaired) electrons. The molecule has 1 aliphatic rings. The lowest BCUT2D eigenvalue weighted by molar-refractivity contribution is 0.0599. The summed E-state index contributed by atoms with van der Waals surface area (Å²) in [4.78, 5) is 11.3. The first kappa shape index (κ1) is 9.98. The quantitative estimate of drug-likeness (QED) is 0.692. The molecule has 0 fully saturated rings. The van der Waals surface area contributed by atoms with Crippen LogP contribution < -0.4 is 4.74 Å². The minimum absolute atomic E-state index is 0.310. The van der Waals surface area contributed by atoms with Gasteiger partial charge in [0.05, 0.1) is 18.8 Å². The normalized spacial score (nSPS) is 18.9. The highest BCUT2D eigenvalue weighted by molar-refractivity contribution is 5.89. The standard InChI is InChI=1S/C11H12O4/c1-14-11(13)7-2-3-10-8(4-7)5-9(12)6-15-10/h2-4,9,12H,5-6H2,1H3. The molecule has 1 unspecified atom stereocenters. The number of hydrogen-bond donors (Lipinski definition) is 1. The highest BCUT2D eigenvalue weighted by atomic mass is 16.5. The number of fused-ring (bicyclic) bond motifs is 1. The maximum absolute atomic E-state index is 11.3. The van der Waals surface area contributed by atoms with E-state index in [0.717, 1.165) is 11.3 Å². The summed E-state index contributed by atoms with van der Waals surface area (Å²) in [5.41, 5.74) is 1.32. The van der Waals surface area contributed by atoms with Crippen molar-refractivity contribution in [2.24, 2.45) is 0 Å². The van der Waals surface area contributed by atoms with Gasteiger partial charge in [0.15, 0.2) is 0 Å². The third-order valence-corrected chi connectivity index (χ3v) is 2.37. The Morgan fingerprint density at radius 1 is 1.60 bits per heavy atom. The van der Waals surface area contributed by atoms with Crippen LogP contribution in [0.15, 0.2) is 18.2 Å². The molecule has 15 heavy (non-hydrogen) atoms. The molecule has 0 aromatic heterocycles. The van der Waals surface area contributed by atoms with E-state index >= 15 is 0 Å². The van der Waals surface area contributed by atoms with Crippen molar-refractivity contribution in [3.05, 3.63) is 29.3 Å². The van der Waals surface area contributed by atoms with Gasteiger partial charge in [-0.25, -0.2) is 4.79 Å². The third kappa shape index (κ3) is 1.94. The van der Waals surface area contributed by atoms with Gasteiger partial charge in [0.2, 0.25) is 0 Å². The van der Waals surface area contributed by atoms with Crippen molar-refractivity contribution in [2.45, 2.75) is 12.5 Å². The second kappa shape index (κ2) is 3.90. The minimum atomic E-state index is -0.495. The third-order valence-electron chi connectivity index (χ3n) is 2.37. The number of aliphatic hydroxyl groups is 1. The molecule has 0 aliphatic carbocycles. The van der Waals surface area contributed by atoms with Gasteiger partial charge in [-0.15, -0.1) is 0 Å².